The van der Waals surface area contributed by atoms with Crippen molar-refractivity contribution in [1.29, 1.82) is 0 Å². The van der Waals surface area contributed by atoms with Gasteiger partial charge in [0.25, 0.3) is 0 Å². The van der Waals surface area contributed by atoms with E-state index in [9.17, 15) is 9.90 Å². The third kappa shape index (κ3) is 10.5. The molecule has 0 saturated heterocycles. The van der Waals surface area contributed by atoms with Gasteiger partial charge in [0, 0.05) is 40.8 Å². The first-order valence-corrected chi connectivity index (χ1v) is 21.0. The van der Waals surface area contributed by atoms with Crippen molar-refractivity contribution in [1.82, 2.24) is 9.97 Å². The zero-order valence-corrected chi connectivity index (χ0v) is 33.6. The highest BCUT2D eigenvalue weighted by molar-refractivity contribution is 5.90. The monoisotopic (exact) mass is 770 g/mol. The summed E-state index contributed by atoms with van der Waals surface area (Å²) in [5.41, 5.74) is 14.0. The average Bonchev–Trinajstić information content (AvgIpc) is 3.28. The van der Waals surface area contributed by atoms with Crippen LogP contribution in [0.3, 0.4) is 0 Å². The quantitative estimate of drug-likeness (QED) is 0.0740. The second kappa shape index (κ2) is 19.2. The maximum atomic E-state index is 12.7. The summed E-state index contributed by atoms with van der Waals surface area (Å²) in [4.78, 5) is 22.6. The van der Waals surface area contributed by atoms with Gasteiger partial charge in [-0.05, 0) is 109 Å². The van der Waals surface area contributed by atoms with Gasteiger partial charge in [-0.1, -0.05) is 146 Å². The van der Waals surface area contributed by atoms with Gasteiger partial charge in [0.15, 0.2) is 5.78 Å². The summed E-state index contributed by atoms with van der Waals surface area (Å²) in [6.45, 7) is 0. The zero-order valence-electron chi connectivity index (χ0n) is 33.6. The van der Waals surface area contributed by atoms with Crippen LogP contribution in [0.15, 0.2) is 182 Å². The summed E-state index contributed by atoms with van der Waals surface area (Å²) in [6.07, 6.45) is 9.34. The molecule has 59 heavy (non-hydrogen) atoms. The molecular formula is C55H50N2O2. The molecule has 2 aromatic heterocycles. The standard InChI is InChI=1S/C55H50N2O2/c58-48(19-11-13-40-25-29-42(30-26-40)33-35-46-37-54(44-15-3-1-4-16-44)56-52-23-9-7-21-50(46)52)39-49(59)20-12-14-41-27-31-43(32-28-41)34-36-47-38-55(45-17-5-2-6-18-45)57-53-24-10-8-22-51(47)53/h1-10,15-18,21-32,37-39,58H,11-14,19-20,33-36H2. The molecule has 4 heteroatoms. The number of hydrogen-bond acceptors (Lipinski definition) is 4. The van der Waals surface area contributed by atoms with Crippen molar-refractivity contribution in [2.45, 2.75) is 64.2 Å². The Bertz CT molecular complexity index is 2670. The third-order valence-electron chi connectivity index (χ3n) is 11.3. The third-order valence-corrected chi connectivity index (χ3v) is 11.3. The number of ketones is 1. The second-order valence-corrected chi connectivity index (χ2v) is 15.5. The van der Waals surface area contributed by atoms with E-state index in [0.717, 1.165) is 84.9 Å². The topological polar surface area (TPSA) is 63.1 Å². The smallest absolute Gasteiger partial charge is 0.159 e. The van der Waals surface area contributed by atoms with E-state index in [1.54, 1.807) is 0 Å². The highest BCUT2D eigenvalue weighted by Gasteiger charge is 2.11. The summed E-state index contributed by atoms with van der Waals surface area (Å²) in [5.74, 6) is 0.161. The molecule has 8 rings (SSSR count). The lowest BCUT2D eigenvalue weighted by molar-refractivity contribution is -0.114. The maximum absolute atomic E-state index is 12.7. The Labute approximate surface area is 348 Å². The highest BCUT2D eigenvalue weighted by atomic mass is 16.3. The molecule has 0 unspecified atom stereocenters. The van der Waals surface area contributed by atoms with E-state index in [1.807, 2.05) is 12.1 Å². The van der Waals surface area contributed by atoms with Gasteiger partial charge in [0.05, 0.1) is 28.2 Å². The number of carbonyl (C=O) groups is 1. The van der Waals surface area contributed by atoms with Crippen LogP contribution >= 0.6 is 0 Å². The molecule has 0 aliphatic rings. The Morgan fingerprint density at radius 3 is 1.29 bits per heavy atom. The van der Waals surface area contributed by atoms with Crippen molar-refractivity contribution in [2.75, 3.05) is 0 Å². The summed E-state index contributed by atoms with van der Waals surface area (Å²) in [7, 11) is 0. The van der Waals surface area contributed by atoms with E-state index >= 15 is 0 Å². The minimum absolute atomic E-state index is 0.0132. The van der Waals surface area contributed by atoms with Crippen molar-refractivity contribution in [3.8, 4) is 22.5 Å². The zero-order chi connectivity index (χ0) is 40.2. The first-order valence-electron chi connectivity index (χ1n) is 21.0. The second-order valence-electron chi connectivity index (χ2n) is 15.5. The molecule has 0 radical (unpaired) electrons. The molecule has 0 saturated carbocycles. The Morgan fingerprint density at radius 2 is 0.831 bits per heavy atom. The lowest BCUT2D eigenvalue weighted by Gasteiger charge is -2.11. The molecule has 0 aliphatic heterocycles. The number of fused-ring (bicyclic) bond motifs is 2. The molecule has 292 valence electrons. The first-order chi connectivity index (χ1) is 29.0. The molecule has 0 spiro atoms. The van der Waals surface area contributed by atoms with Gasteiger partial charge < -0.3 is 5.11 Å². The van der Waals surface area contributed by atoms with Crippen LogP contribution in [-0.4, -0.2) is 20.9 Å². The predicted molar refractivity (Wildman–Crippen MR) is 244 cm³/mol. The van der Waals surface area contributed by atoms with Crippen LogP contribution in [0.4, 0.5) is 0 Å². The van der Waals surface area contributed by atoms with E-state index in [4.69, 9.17) is 9.97 Å². The fraction of sp³-hybridized carbons (Fsp3) is 0.182. The van der Waals surface area contributed by atoms with Crippen LogP contribution < -0.4 is 0 Å². The number of hydrogen-bond donors (Lipinski definition) is 1. The molecule has 0 aliphatic carbocycles. The average molecular weight is 771 g/mol. The summed E-state index contributed by atoms with van der Waals surface area (Å²) >= 11 is 0. The van der Waals surface area contributed by atoms with Crippen LogP contribution in [0.2, 0.25) is 0 Å². The number of carbonyl (C=O) groups excluding carboxylic acids is 1. The van der Waals surface area contributed by atoms with Gasteiger partial charge in [-0.15, -0.1) is 0 Å². The molecule has 8 aromatic rings. The lowest BCUT2D eigenvalue weighted by Crippen LogP contribution is -1.99. The summed E-state index contributed by atoms with van der Waals surface area (Å²) in [6, 6.07) is 59.6. The van der Waals surface area contributed by atoms with Crippen LogP contribution in [0, 0.1) is 0 Å². The van der Waals surface area contributed by atoms with E-state index in [0.29, 0.717) is 12.8 Å². The van der Waals surface area contributed by atoms with E-state index in [2.05, 4.69) is 158 Å². The van der Waals surface area contributed by atoms with Crippen molar-refractivity contribution in [2.24, 2.45) is 0 Å². The number of allylic oxidation sites excluding steroid dienone is 2. The van der Waals surface area contributed by atoms with Crippen molar-refractivity contribution < 1.29 is 9.90 Å². The normalized spacial score (nSPS) is 11.6. The molecule has 0 bridgehead atoms. The highest BCUT2D eigenvalue weighted by Crippen LogP contribution is 2.28. The number of para-hydroxylation sites is 2. The fourth-order valence-electron chi connectivity index (χ4n) is 8.00. The van der Waals surface area contributed by atoms with E-state index in [-0.39, 0.29) is 11.5 Å². The minimum atomic E-state index is -0.0132. The molecular weight excluding hydrogens is 721 g/mol. The van der Waals surface area contributed by atoms with Crippen molar-refractivity contribution in [3.63, 3.8) is 0 Å². The summed E-state index contributed by atoms with van der Waals surface area (Å²) in [5, 5.41) is 12.9. The molecule has 2 heterocycles. The van der Waals surface area contributed by atoms with Gasteiger partial charge in [-0.2, -0.15) is 0 Å². The Kier molecular flexibility index (Phi) is 12.8. The Hall–Kier alpha value is -6.65. The molecule has 1 N–H and O–H groups in total. The fourth-order valence-corrected chi connectivity index (χ4v) is 8.00. The number of benzene rings is 6. The van der Waals surface area contributed by atoms with Crippen LogP contribution in [-0.2, 0) is 43.3 Å². The van der Waals surface area contributed by atoms with E-state index in [1.165, 1.54) is 50.2 Å². The number of pyridine rings is 2. The molecule has 0 atom stereocenters. The first kappa shape index (κ1) is 39.2. The minimum Gasteiger partial charge on any atom is -0.512 e. The van der Waals surface area contributed by atoms with Gasteiger partial charge in [-0.3, -0.25) is 4.79 Å². The van der Waals surface area contributed by atoms with Crippen LogP contribution in [0.25, 0.3) is 44.3 Å². The lowest BCUT2D eigenvalue weighted by atomic mass is 9.97. The number of rotatable bonds is 17. The van der Waals surface area contributed by atoms with Gasteiger partial charge in [0.1, 0.15) is 0 Å². The number of aliphatic hydroxyl groups is 1. The molecule has 0 fully saturated rings. The Morgan fingerprint density at radius 1 is 0.441 bits per heavy atom. The number of aryl methyl sites for hydroxylation is 6. The number of aromatic nitrogens is 2. The van der Waals surface area contributed by atoms with Gasteiger partial charge in [0.2, 0.25) is 0 Å². The summed E-state index contributed by atoms with van der Waals surface area (Å²) < 4.78 is 0. The predicted octanol–water partition coefficient (Wildman–Crippen LogP) is 13.0. The van der Waals surface area contributed by atoms with Crippen molar-refractivity contribution in [3.05, 3.63) is 215 Å². The Balaban J connectivity index is 0.763. The van der Waals surface area contributed by atoms with Crippen LogP contribution in [0.5, 0.6) is 0 Å². The van der Waals surface area contributed by atoms with Crippen LogP contribution in [0.1, 0.15) is 59.1 Å². The van der Waals surface area contributed by atoms with Gasteiger partial charge in [-0.25, -0.2) is 9.97 Å². The maximum Gasteiger partial charge on any atom is 0.159 e. The van der Waals surface area contributed by atoms with Gasteiger partial charge >= 0.3 is 0 Å². The largest absolute Gasteiger partial charge is 0.512 e. The SMILES string of the molecule is O=C(C=C(O)CCCc1ccc(CCc2cc(-c3ccccc3)nc3ccccc23)cc1)CCCc1ccc(CCc2cc(-c3ccccc3)nc3ccccc23)cc1. The number of nitrogens with zero attached hydrogens (tertiary/aromatic N) is 2. The number of aliphatic hydroxyl groups excluding tert-OH is 1. The van der Waals surface area contributed by atoms with E-state index < -0.39 is 0 Å². The van der Waals surface area contributed by atoms with Crippen molar-refractivity contribution >= 4 is 27.6 Å². The molecule has 0 amide bonds. The molecule has 6 aromatic carbocycles. The molecule has 4 nitrogen and oxygen atoms in total.